The zero-order valence-corrected chi connectivity index (χ0v) is 14.1. The first-order valence-electron chi connectivity index (χ1n) is 7.89. The van der Waals surface area contributed by atoms with Crippen LogP contribution >= 0.6 is 0 Å². The van der Waals surface area contributed by atoms with E-state index in [-0.39, 0.29) is 11.8 Å². The smallest absolute Gasteiger partial charge is 0.246 e. The third-order valence-electron chi connectivity index (χ3n) is 3.83. The minimum Gasteiger partial charge on any atom is -0.338 e. The van der Waals surface area contributed by atoms with Gasteiger partial charge in [-0.2, -0.15) is 5.26 Å². The molecular weight excluding hydrogens is 304 g/mol. The van der Waals surface area contributed by atoms with E-state index in [9.17, 15) is 9.59 Å². The van der Waals surface area contributed by atoms with E-state index >= 15 is 0 Å². The average molecular weight is 326 g/mol. The van der Waals surface area contributed by atoms with Gasteiger partial charge in [0.2, 0.25) is 11.8 Å². The summed E-state index contributed by atoms with van der Waals surface area (Å²) in [5, 5.41) is 8.88. The van der Waals surface area contributed by atoms with Crippen LogP contribution in [-0.2, 0) is 9.59 Å². The molecule has 6 heteroatoms. The molecule has 1 heterocycles. The van der Waals surface area contributed by atoms with Crippen molar-refractivity contribution in [1.82, 2.24) is 14.7 Å². The van der Waals surface area contributed by atoms with Crippen molar-refractivity contribution in [2.24, 2.45) is 0 Å². The molecule has 0 N–H and O–H groups in total. The van der Waals surface area contributed by atoms with E-state index in [2.05, 4.69) is 6.07 Å². The van der Waals surface area contributed by atoms with Gasteiger partial charge in [-0.1, -0.05) is 12.1 Å². The Morgan fingerprint density at radius 1 is 1.21 bits per heavy atom. The number of carbonyl (C=O) groups excluding carboxylic acids is 2. The number of nitriles is 1. The lowest BCUT2D eigenvalue weighted by atomic mass is 10.1. The number of carbonyl (C=O) groups is 2. The summed E-state index contributed by atoms with van der Waals surface area (Å²) in [4.78, 5) is 29.6. The van der Waals surface area contributed by atoms with Crippen molar-refractivity contribution >= 4 is 17.9 Å². The molecule has 0 aromatic heterocycles. The van der Waals surface area contributed by atoms with Gasteiger partial charge >= 0.3 is 0 Å². The molecule has 1 aliphatic heterocycles. The summed E-state index contributed by atoms with van der Waals surface area (Å²) >= 11 is 0. The van der Waals surface area contributed by atoms with Crippen molar-refractivity contribution in [2.75, 3.05) is 46.8 Å². The lowest BCUT2D eigenvalue weighted by Crippen LogP contribution is -2.51. The molecule has 0 spiro atoms. The van der Waals surface area contributed by atoms with Gasteiger partial charge in [-0.25, -0.2) is 0 Å². The van der Waals surface area contributed by atoms with Crippen molar-refractivity contribution in [3.05, 3.63) is 41.5 Å². The topological polar surface area (TPSA) is 67.7 Å². The van der Waals surface area contributed by atoms with Crippen LogP contribution in [0.3, 0.4) is 0 Å². The van der Waals surface area contributed by atoms with Crippen LogP contribution in [0.2, 0.25) is 0 Å². The molecule has 0 aliphatic carbocycles. The summed E-state index contributed by atoms with van der Waals surface area (Å²) in [7, 11) is 3.73. The fourth-order valence-electron chi connectivity index (χ4n) is 2.53. The van der Waals surface area contributed by atoms with E-state index < -0.39 is 0 Å². The summed E-state index contributed by atoms with van der Waals surface area (Å²) in [5.41, 5.74) is 1.39. The highest BCUT2D eigenvalue weighted by molar-refractivity contribution is 5.92. The Labute approximate surface area is 142 Å². The maximum Gasteiger partial charge on any atom is 0.246 e. The zero-order valence-electron chi connectivity index (χ0n) is 14.1. The third-order valence-corrected chi connectivity index (χ3v) is 3.83. The van der Waals surface area contributed by atoms with Crippen LogP contribution in [0.15, 0.2) is 30.3 Å². The Bertz CT molecular complexity index is 668. The fraction of sp³-hybridized carbons (Fsp3) is 0.389. The predicted octanol–water partition coefficient (Wildman–Crippen LogP) is 0.804. The molecule has 126 valence electrons. The van der Waals surface area contributed by atoms with E-state index in [1.54, 1.807) is 34.1 Å². The summed E-state index contributed by atoms with van der Waals surface area (Å²) in [6.45, 7) is 2.61. The molecule has 1 aliphatic rings. The number of hydrogen-bond acceptors (Lipinski definition) is 4. The number of nitrogens with zero attached hydrogens (tertiary/aromatic N) is 4. The van der Waals surface area contributed by atoms with Gasteiger partial charge in [0.25, 0.3) is 0 Å². The summed E-state index contributed by atoms with van der Waals surface area (Å²) < 4.78 is 0. The van der Waals surface area contributed by atoms with Crippen LogP contribution in [0.5, 0.6) is 0 Å². The Morgan fingerprint density at radius 2 is 1.88 bits per heavy atom. The number of benzene rings is 1. The first-order chi connectivity index (χ1) is 11.5. The number of amides is 2. The number of hydrogen-bond donors (Lipinski definition) is 0. The van der Waals surface area contributed by atoms with Crippen LogP contribution < -0.4 is 0 Å². The summed E-state index contributed by atoms with van der Waals surface area (Å²) in [6.07, 6.45) is 3.24. The van der Waals surface area contributed by atoms with Gasteiger partial charge in [-0.3, -0.25) is 9.59 Å². The zero-order chi connectivity index (χ0) is 17.5. The maximum atomic E-state index is 12.2. The minimum atomic E-state index is -0.0722. The molecule has 2 amide bonds. The van der Waals surface area contributed by atoms with Gasteiger partial charge in [0.05, 0.1) is 18.2 Å². The lowest BCUT2D eigenvalue weighted by Gasteiger charge is -2.34. The molecular formula is C18H22N4O2. The molecule has 1 saturated heterocycles. The summed E-state index contributed by atoms with van der Waals surface area (Å²) in [5.74, 6) is 0.0213. The number of piperazine rings is 1. The normalized spacial score (nSPS) is 14.9. The fourth-order valence-corrected chi connectivity index (χ4v) is 2.53. The maximum absolute atomic E-state index is 12.2. The number of rotatable bonds is 4. The minimum absolute atomic E-state index is 0.0722. The molecule has 6 nitrogen and oxygen atoms in total. The van der Waals surface area contributed by atoms with Crippen LogP contribution in [0.4, 0.5) is 0 Å². The quantitative estimate of drug-likeness (QED) is 0.768. The standard InChI is InChI=1S/C18H22N4O2/c1-20(2)14-18(24)22-10-8-21(9-11-22)17(23)7-6-15-4-3-5-16(12-15)13-19/h3-7,12H,8-11,14H2,1-2H3. The van der Waals surface area contributed by atoms with Crippen LogP contribution in [0, 0.1) is 11.3 Å². The van der Waals surface area contributed by atoms with Crippen LogP contribution in [0.1, 0.15) is 11.1 Å². The highest BCUT2D eigenvalue weighted by Gasteiger charge is 2.23. The van der Waals surface area contributed by atoms with Gasteiger partial charge in [-0.05, 0) is 37.9 Å². The largest absolute Gasteiger partial charge is 0.338 e. The monoisotopic (exact) mass is 326 g/mol. The Kier molecular flexibility index (Phi) is 6.10. The van der Waals surface area contributed by atoms with E-state index in [1.165, 1.54) is 6.08 Å². The molecule has 1 aromatic carbocycles. The van der Waals surface area contributed by atoms with Crippen molar-refractivity contribution in [2.45, 2.75) is 0 Å². The average Bonchev–Trinajstić information content (AvgIpc) is 2.59. The predicted molar refractivity (Wildman–Crippen MR) is 91.9 cm³/mol. The van der Waals surface area contributed by atoms with E-state index in [0.717, 1.165) is 5.56 Å². The second-order valence-corrected chi connectivity index (χ2v) is 6.01. The van der Waals surface area contributed by atoms with Gasteiger partial charge in [0.1, 0.15) is 0 Å². The van der Waals surface area contributed by atoms with Crippen LogP contribution in [-0.4, -0.2) is 73.3 Å². The van der Waals surface area contributed by atoms with Gasteiger partial charge in [0.15, 0.2) is 0 Å². The van der Waals surface area contributed by atoms with E-state index in [1.807, 2.05) is 25.1 Å². The SMILES string of the molecule is CN(C)CC(=O)N1CCN(C(=O)C=Cc2cccc(C#N)c2)CC1. The van der Waals surface area contributed by atoms with Gasteiger partial charge < -0.3 is 14.7 Å². The second kappa shape index (κ2) is 8.27. The molecule has 1 fully saturated rings. The first kappa shape index (κ1) is 17.7. The molecule has 0 radical (unpaired) electrons. The van der Waals surface area contributed by atoms with Crippen LogP contribution in [0.25, 0.3) is 6.08 Å². The van der Waals surface area contributed by atoms with Gasteiger partial charge in [0, 0.05) is 32.3 Å². The van der Waals surface area contributed by atoms with E-state index in [4.69, 9.17) is 5.26 Å². The molecule has 0 atom stereocenters. The molecule has 0 saturated carbocycles. The lowest BCUT2D eigenvalue weighted by molar-refractivity contribution is -0.137. The van der Waals surface area contributed by atoms with Gasteiger partial charge in [-0.15, -0.1) is 0 Å². The highest BCUT2D eigenvalue weighted by Crippen LogP contribution is 2.08. The summed E-state index contributed by atoms with van der Waals surface area (Å²) in [6, 6.07) is 9.18. The second-order valence-electron chi connectivity index (χ2n) is 6.01. The molecule has 1 aromatic rings. The molecule has 0 unspecified atom stereocenters. The Balaban J connectivity index is 1.87. The van der Waals surface area contributed by atoms with Crippen molar-refractivity contribution < 1.29 is 9.59 Å². The third kappa shape index (κ3) is 4.93. The number of likely N-dealkylation sites (N-methyl/N-ethyl adjacent to an activating group) is 1. The molecule has 0 bridgehead atoms. The molecule has 2 rings (SSSR count). The van der Waals surface area contributed by atoms with Crippen molar-refractivity contribution in [1.29, 1.82) is 5.26 Å². The molecule has 24 heavy (non-hydrogen) atoms. The van der Waals surface area contributed by atoms with Crippen molar-refractivity contribution in [3.8, 4) is 6.07 Å². The first-order valence-corrected chi connectivity index (χ1v) is 7.89. The highest BCUT2D eigenvalue weighted by atomic mass is 16.2. The van der Waals surface area contributed by atoms with E-state index in [0.29, 0.717) is 38.3 Å². The van der Waals surface area contributed by atoms with Crippen molar-refractivity contribution in [3.63, 3.8) is 0 Å². The Hall–Kier alpha value is -2.65. The Morgan fingerprint density at radius 3 is 2.50 bits per heavy atom.